The molecule has 0 rings (SSSR count). The summed E-state index contributed by atoms with van der Waals surface area (Å²) < 4.78 is 0. The zero-order valence-electron chi connectivity index (χ0n) is 32.9. The molecular formula is C34H68N14O8. The van der Waals surface area contributed by atoms with E-state index < -0.39 is 0 Å². The van der Waals surface area contributed by atoms with Crippen molar-refractivity contribution < 1.29 is 38.4 Å². The fraction of sp³-hybridized carbons (Fsp3) is 0.765. The molecule has 0 radical (unpaired) electrons. The van der Waals surface area contributed by atoms with Crippen LogP contribution in [0.1, 0.15) is 51.4 Å². The zero-order valence-corrected chi connectivity index (χ0v) is 32.9. The second kappa shape index (κ2) is 35.0. The van der Waals surface area contributed by atoms with Gasteiger partial charge < -0.3 is 75.3 Å². The van der Waals surface area contributed by atoms with Crippen LogP contribution < -0.4 is 65.5 Å². The van der Waals surface area contributed by atoms with E-state index in [4.69, 9.17) is 22.9 Å². The summed E-state index contributed by atoms with van der Waals surface area (Å²) in [4.78, 5) is 101. The number of rotatable bonds is 35. The molecular weight excluding hydrogens is 732 g/mol. The molecule has 56 heavy (non-hydrogen) atoms. The Balaban J connectivity index is 5.17. The third-order valence-electron chi connectivity index (χ3n) is 7.92. The highest BCUT2D eigenvalue weighted by Crippen LogP contribution is 2.01. The lowest BCUT2D eigenvalue weighted by molar-refractivity contribution is -0.124. The smallest absolute Gasteiger partial charge is 0.221 e. The lowest BCUT2D eigenvalue weighted by atomic mass is 10.2. The lowest BCUT2D eigenvalue weighted by Crippen LogP contribution is -2.42. The van der Waals surface area contributed by atoms with Gasteiger partial charge >= 0.3 is 0 Å². The number of hydrogen-bond donors (Lipinski definition) is 12. The molecule has 8 amide bonds. The Labute approximate surface area is 329 Å². The average molecular weight is 801 g/mol. The third kappa shape index (κ3) is 31.8. The number of carbonyl (C=O) groups is 8. The first-order valence-electron chi connectivity index (χ1n) is 19.3. The highest BCUT2D eigenvalue weighted by molar-refractivity contribution is 5.81. The van der Waals surface area contributed by atoms with Crippen LogP contribution in [0, 0.1) is 0 Å². The van der Waals surface area contributed by atoms with Gasteiger partial charge in [-0.25, -0.2) is 0 Å². The molecule has 0 saturated heterocycles. The first kappa shape index (κ1) is 51.5. The Morgan fingerprint density at radius 2 is 0.446 bits per heavy atom. The summed E-state index contributed by atoms with van der Waals surface area (Å²) in [7, 11) is 0. The summed E-state index contributed by atoms with van der Waals surface area (Å²) >= 11 is 0. The van der Waals surface area contributed by atoms with Crippen LogP contribution in [-0.4, -0.2) is 175 Å². The van der Waals surface area contributed by atoms with Crippen LogP contribution in [0.25, 0.3) is 0 Å². The molecule has 322 valence electrons. The molecule has 0 aliphatic heterocycles. The second-order valence-electron chi connectivity index (χ2n) is 12.6. The molecule has 0 aliphatic carbocycles. The van der Waals surface area contributed by atoms with Crippen LogP contribution in [0.2, 0.25) is 0 Å². The maximum Gasteiger partial charge on any atom is 0.221 e. The van der Waals surface area contributed by atoms with Crippen LogP contribution in [-0.2, 0) is 38.4 Å². The van der Waals surface area contributed by atoms with Gasteiger partial charge in [-0.2, -0.15) is 0 Å². The first-order valence-corrected chi connectivity index (χ1v) is 19.3. The Bertz CT molecular complexity index is 1100. The first-order chi connectivity index (χ1) is 26.9. The van der Waals surface area contributed by atoms with Crippen molar-refractivity contribution in [3.8, 4) is 0 Å². The van der Waals surface area contributed by atoms with Gasteiger partial charge in [0.15, 0.2) is 0 Å². The average Bonchev–Trinajstić information content (AvgIpc) is 3.17. The van der Waals surface area contributed by atoms with Gasteiger partial charge in [-0.05, 0) is 0 Å². The van der Waals surface area contributed by atoms with Gasteiger partial charge in [-0.1, -0.05) is 0 Å². The molecule has 0 aromatic heterocycles. The summed E-state index contributed by atoms with van der Waals surface area (Å²) in [5.74, 6) is -2.05. The molecule has 0 aliphatic rings. The Morgan fingerprint density at radius 1 is 0.268 bits per heavy atom. The van der Waals surface area contributed by atoms with Crippen molar-refractivity contribution >= 4 is 47.3 Å². The van der Waals surface area contributed by atoms with Gasteiger partial charge in [0.05, 0.1) is 0 Å². The maximum absolute atomic E-state index is 12.7. The van der Waals surface area contributed by atoms with Crippen LogP contribution in [0.15, 0.2) is 0 Å². The topological polar surface area (TPSA) is 343 Å². The van der Waals surface area contributed by atoms with Crippen molar-refractivity contribution in [1.82, 2.24) is 52.3 Å². The summed E-state index contributed by atoms with van der Waals surface area (Å²) in [6.45, 7) is 5.21. The standard InChI is InChI=1S/C34H68N14O8/c35-9-17-43-29(51)3-13-39-27(49)1-15-41-31(53)5-21-47(22-6-32(54)42-16-2-28(50)40-14-4-30(52)44-18-10-36)25-26-48(23-7-33(55)45-19-11-37)24-8-34(56)46-20-12-38/h1-26,35-38H2,(H,39,49)(H,40,50)(H,41,53)(H,42,54)(H,43,51)(H,44,52)(H,45,55)(H,46,56). The largest absolute Gasteiger partial charge is 0.356 e. The summed E-state index contributed by atoms with van der Waals surface area (Å²) in [5.41, 5.74) is 21.7. The van der Waals surface area contributed by atoms with Crippen molar-refractivity contribution in [3.05, 3.63) is 0 Å². The number of nitrogens with two attached hydrogens (primary N) is 4. The van der Waals surface area contributed by atoms with Crippen LogP contribution in [0.3, 0.4) is 0 Å². The number of amides is 8. The van der Waals surface area contributed by atoms with Gasteiger partial charge in [0.2, 0.25) is 47.3 Å². The van der Waals surface area contributed by atoms with Crippen molar-refractivity contribution in [1.29, 1.82) is 0 Å². The quantitative estimate of drug-likeness (QED) is 0.0284. The molecule has 0 aromatic carbocycles. The fourth-order valence-corrected chi connectivity index (χ4v) is 4.81. The predicted molar refractivity (Wildman–Crippen MR) is 210 cm³/mol. The lowest BCUT2D eigenvalue weighted by Gasteiger charge is -2.27. The summed E-state index contributed by atoms with van der Waals surface area (Å²) in [5, 5.41) is 21.4. The van der Waals surface area contributed by atoms with Crippen molar-refractivity contribution in [2.24, 2.45) is 22.9 Å². The van der Waals surface area contributed by atoms with Crippen LogP contribution >= 0.6 is 0 Å². The van der Waals surface area contributed by atoms with E-state index in [-0.39, 0.29) is 138 Å². The number of nitrogens with zero attached hydrogens (tertiary/aromatic N) is 2. The fourth-order valence-electron chi connectivity index (χ4n) is 4.81. The summed E-state index contributed by atoms with van der Waals surface area (Å²) in [6.07, 6.45) is 0.761. The van der Waals surface area contributed by atoms with Gasteiger partial charge in [-0.3, -0.25) is 38.4 Å². The van der Waals surface area contributed by atoms with E-state index in [1.165, 1.54) is 0 Å². The normalized spacial score (nSPS) is 10.8. The Kier molecular flexibility index (Phi) is 32.2. The molecule has 0 atom stereocenters. The molecule has 16 N–H and O–H groups in total. The number of hydrogen-bond acceptors (Lipinski definition) is 14. The van der Waals surface area contributed by atoms with Crippen molar-refractivity contribution in [2.45, 2.75) is 51.4 Å². The zero-order chi connectivity index (χ0) is 41.8. The van der Waals surface area contributed by atoms with E-state index in [0.717, 1.165) is 0 Å². The van der Waals surface area contributed by atoms with E-state index in [1.807, 2.05) is 9.80 Å². The van der Waals surface area contributed by atoms with Gasteiger partial charge in [0.25, 0.3) is 0 Å². The van der Waals surface area contributed by atoms with E-state index in [1.54, 1.807) is 0 Å². The molecule has 0 fully saturated rings. The molecule has 0 bridgehead atoms. The minimum Gasteiger partial charge on any atom is -0.356 e. The molecule has 0 spiro atoms. The van der Waals surface area contributed by atoms with E-state index in [9.17, 15) is 38.4 Å². The number of nitrogens with one attached hydrogen (secondary N) is 8. The minimum atomic E-state index is -0.318. The van der Waals surface area contributed by atoms with Gasteiger partial charge in [-0.15, -0.1) is 0 Å². The summed E-state index contributed by atoms with van der Waals surface area (Å²) in [6, 6.07) is 0. The Morgan fingerprint density at radius 3 is 0.643 bits per heavy atom. The van der Waals surface area contributed by atoms with Gasteiger partial charge in [0.1, 0.15) is 0 Å². The highest BCUT2D eigenvalue weighted by Gasteiger charge is 2.16. The van der Waals surface area contributed by atoms with E-state index >= 15 is 0 Å². The monoisotopic (exact) mass is 801 g/mol. The molecule has 0 saturated carbocycles. The molecule has 0 aromatic rings. The van der Waals surface area contributed by atoms with E-state index in [0.29, 0.717) is 78.5 Å². The van der Waals surface area contributed by atoms with Crippen LogP contribution in [0.4, 0.5) is 0 Å². The molecule has 22 heteroatoms. The van der Waals surface area contributed by atoms with Gasteiger partial charge in [0, 0.05) is 169 Å². The Hall–Kier alpha value is -4.48. The van der Waals surface area contributed by atoms with Crippen molar-refractivity contribution in [2.75, 3.05) is 118 Å². The number of carbonyl (C=O) groups excluding carboxylic acids is 8. The second-order valence-corrected chi connectivity index (χ2v) is 12.6. The molecule has 0 heterocycles. The maximum atomic E-state index is 12.7. The van der Waals surface area contributed by atoms with Crippen LogP contribution in [0.5, 0.6) is 0 Å². The molecule has 22 nitrogen and oxygen atoms in total. The predicted octanol–water partition coefficient (Wildman–Crippen LogP) is -6.52. The third-order valence-corrected chi connectivity index (χ3v) is 7.92. The molecule has 0 unspecified atom stereocenters. The SMILES string of the molecule is NCCNC(=O)CCNC(=O)CCNC(=O)CCN(CCC(=O)NCCC(=O)NCCC(=O)NCCN)CCN(CCC(=O)NCCN)CCC(=O)NCCN. The van der Waals surface area contributed by atoms with E-state index in [2.05, 4.69) is 42.5 Å². The minimum absolute atomic E-state index is 0.0227. The van der Waals surface area contributed by atoms with Crippen molar-refractivity contribution in [3.63, 3.8) is 0 Å². The highest BCUT2D eigenvalue weighted by atomic mass is 16.2.